The largest absolute Gasteiger partial charge is 0.508 e. The molecule has 2 N–H and O–H groups in total. The molecule has 0 spiro atoms. The molecular formula is C18H28N2O3. The topological polar surface area (TPSA) is 61.8 Å². The van der Waals surface area contributed by atoms with Crippen molar-refractivity contribution < 1.29 is 14.6 Å². The molecule has 1 aromatic carbocycles. The Bertz CT molecular complexity index is 552. The van der Waals surface area contributed by atoms with E-state index in [1.165, 1.54) is 0 Å². The van der Waals surface area contributed by atoms with Gasteiger partial charge in [0.25, 0.3) is 0 Å². The first kappa shape index (κ1) is 17.6. The molecule has 1 fully saturated rings. The highest BCUT2D eigenvalue weighted by Crippen LogP contribution is 2.20. The van der Waals surface area contributed by atoms with Gasteiger partial charge in [0.2, 0.25) is 0 Å². The van der Waals surface area contributed by atoms with Crippen LogP contribution < -0.4 is 5.32 Å². The summed E-state index contributed by atoms with van der Waals surface area (Å²) in [5.74, 6) is 0.749. The Hall–Kier alpha value is -1.75. The first-order valence-corrected chi connectivity index (χ1v) is 8.22. The number of aryl methyl sites for hydroxylation is 1. The van der Waals surface area contributed by atoms with Gasteiger partial charge in [-0.2, -0.15) is 0 Å². The van der Waals surface area contributed by atoms with Crippen LogP contribution in [0.3, 0.4) is 0 Å². The highest BCUT2D eigenvalue weighted by atomic mass is 16.6. The molecule has 1 heterocycles. The van der Waals surface area contributed by atoms with Gasteiger partial charge in [0.1, 0.15) is 11.4 Å². The molecule has 5 heteroatoms. The van der Waals surface area contributed by atoms with E-state index in [2.05, 4.69) is 5.32 Å². The fraction of sp³-hybridized carbons (Fsp3) is 0.611. The number of nitrogens with zero attached hydrogens (tertiary/aromatic N) is 1. The van der Waals surface area contributed by atoms with Crippen LogP contribution >= 0.6 is 0 Å². The summed E-state index contributed by atoms with van der Waals surface area (Å²) < 4.78 is 5.41. The van der Waals surface area contributed by atoms with Crippen LogP contribution in [0, 0.1) is 12.8 Å². The van der Waals surface area contributed by atoms with E-state index in [9.17, 15) is 9.90 Å². The summed E-state index contributed by atoms with van der Waals surface area (Å²) in [5.41, 5.74) is 1.60. The second-order valence-corrected chi connectivity index (χ2v) is 7.34. The molecule has 1 unspecified atom stereocenters. The van der Waals surface area contributed by atoms with Gasteiger partial charge in [-0.3, -0.25) is 0 Å². The maximum absolute atomic E-state index is 12.0. The number of carbonyl (C=O) groups is 1. The van der Waals surface area contributed by atoms with E-state index in [4.69, 9.17) is 4.74 Å². The van der Waals surface area contributed by atoms with Crippen molar-refractivity contribution in [1.29, 1.82) is 0 Å². The molecule has 5 nitrogen and oxygen atoms in total. The number of likely N-dealkylation sites (tertiary alicyclic amines) is 1. The Kier molecular flexibility index (Phi) is 5.52. The van der Waals surface area contributed by atoms with Crippen LogP contribution in [0.5, 0.6) is 5.75 Å². The number of phenolic OH excluding ortho intramolecular Hbond substituents is 1. The van der Waals surface area contributed by atoms with Crippen molar-refractivity contribution in [3.8, 4) is 5.75 Å². The fourth-order valence-electron chi connectivity index (χ4n) is 2.76. The standard InChI is InChI=1S/C18H28N2O3/c1-13-5-6-16(21)15(9-13)11-19-10-14-7-8-20(12-14)17(22)23-18(2,3)4/h5-6,9,14,19,21H,7-8,10-12H2,1-4H3. The molecule has 0 saturated carbocycles. The third-order valence-electron chi connectivity index (χ3n) is 3.92. The van der Waals surface area contributed by atoms with Crippen LogP contribution in [0.15, 0.2) is 18.2 Å². The third kappa shape index (κ3) is 5.43. The Morgan fingerprint density at radius 2 is 2.17 bits per heavy atom. The number of phenols is 1. The molecule has 1 atom stereocenters. The van der Waals surface area contributed by atoms with Crippen molar-refractivity contribution in [2.24, 2.45) is 5.92 Å². The number of ether oxygens (including phenoxy) is 1. The number of aromatic hydroxyl groups is 1. The van der Waals surface area contributed by atoms with Crippen LogP contribution in [0.2, 0.25) is 0 Å². The van der Waals surface area contributed by atoms with Gasteiger partial charge in [-0.05, 0) is 46.1 Å². The molecule has 2 rings (SSSR count). The minimum absolute atomic E-state index is 0.226. The van der Waals surface area contributed by atoms with Gasteiger partial charge in [0, 0.05) is 31.7 Å². The van der Waals surface area contributed by atoms with Crippen molar-refractivity contribution >= 4 is 6.09 Å². The number of rotatable bonds is 4. The first-order chi connectivity index (χ1) is 10.7. The van der Waals surface area contributed by atoms with Crippen LogP contribution in [-0.4, -0.2) is 41.3 Å². The quantitative estimate of drug-likeness (QED) is 0.895. The molecule has 1 aromatic rings. The summed E-state index contributed by atoms with van der Waals surface area (Å²) in [7, 11) is 0. The molecule has 1 aliphatic heterocycles. The van der Waals surface area contributed by atoms with E-state index < -0.39 is 5.60 Å². The summed E-state index contributed by atoms with van der Waals surface area (Å²) in [6, 6.07) is 5.62. The lowest BCUT2D eigenvalue weighted by Crippen LogP contribution is -2.36. The molecule has 0 aliphatic carbocycles. The summed E-state index contributed by atoms with van der Waals surface area (Å²) >= 11 is 0. The zero-order chi connectivity index (χ0) is 17.0. The molecule has 0 radical (unpaired) electrons. The lowest BCUT2D eigenvalue weighted by molar-refractivity contribution is 0.0288. The van der Waals surface area contributed by atoms with E-state index in [0.29, 0.717) is 18.2 Å². The Balaban J connectivity index is 1.76. The molecule has 1 saturated heterocycles. The lowest BCUT2D eigenvalue weighted by atomic mass is 10.1. The maximum atomic E-state index is 12.0. The van der Waals surface area contributed by atoms with Gasteiger partial charge in [0.05, 0.1) is 0 Å². The first-order valence-electron chi connectivity index (χ1n) is 8.22. The van der Waals surface area contributed by atoms with Crippen LogP contribution in [-0.2, 0) is 11.3 Å². The van der Waals surface area contributed by atoms with Gasteiger partial charge in [-0.15, -0.1) is 0 Å². The monoisotopic (exact) mass is 320 g/mol. The van der Waals surface area contributed by atoms with Crippen LogP contribution in [0.25, 0.3) is 0 Å². The van der Waals surface area contributed by atoms with E-state index in [1.54, 1.807) is 11.0 Å². The highest BCUT2D eigenvalue weighted by Gasteiger charge is 2.29. The highest BCUT2D eigenvalue weighted by molar-refractivity contribution is 5.68. The Labute approximate surface area is 138 Å². The van der Waals surface area contributed by atoms with Gasteiger partial charge in [-0.25, -0.2) is 4.79 Å². The average molecular weight is 320 g/mol. The van der Waals surface area contributed by atoms with Crippen molar-refractivity contribution in [1.82, 2.24) is 10.2 Å². The molecule has 0 bridgehead atoms. The van der Waals surface area contributed by atoms with E-state index in [1.807, 2.05) is 39.8 Å². The second-order valence-electron chi connectivity index (χ2n) is 7.34. The van der Waals surface area contributed by atoms with Gasteiger partial charge in [-0.1, -0.05) is 17.7 Å². The van der Waals surface area contributed by atoms with Crippen molar-refractivity contribution in [2.75, 3.05) is 19.6 Å². The zero-order valence-corrected chi connectivity index (χ0v) is 14.6. The fourth-order valence-corrected chi connectivity index (χ4v) is 2.76. The predicted octanol–water partition coefficient (Wildman–Crippen LogP) is 3.05. The van der Waals surface area contributed by atoms with E-state index >= 15 is 0 Å². The number of benzene rings is 1. The second kappa shape index (κ2) is 7.21. The zero-order valence-electron chi connectivity index (χ0n) is 14.6. The van der Waals surface area contributed by atoms with Gasteiger partial charge < -0.3 is 20.1 Å². The number of nitrogens with one attached hydrogen (secondary N) is 1. The molecule has 128 valence electrons. The van der Waals surface area contributed by atoms with E-state index in [0.717, 1.165) is 37.2 Å². The molecule has 1 amide bonds. The van der Waals surface area contributed by atoms with Crippen LogP contribution in [0.4, 0.5) is 4.79 Å². The Morgan fingerprint density at radius 1 is 1.43 bits per heavy atom. The van der Waals surface area contributed by atoms with Crippen molar-refractivity contribution in [3.05, 3.63) is 29.3 Å². The number of hydrogen-bond acceptors (Lipinski definition) is 4. The molecular weight excluding hydrogens is 292 g/mol. The Morgan fingerprint density at radius 3 is 2.87 bits per heavy atom. The third-order valence-corrected chi connectivity index (χ3v) is 3.92. The summed E-state index contributed by atoms with van der Waals surface area (Å²) in [5, 5.41) is 13.2. The number of carbonyl (C=O) groups excluding carboxylic acids is 1. The van der Waals surface area contributed by atoms with Crippen molar-refractivity contribution in [3.63, 3.8) is 0 Å². The minimum Gasteiger partial charge on any atom is -0.508 e. The van der Waals surface area contributed by atoms with Gasteiger partial charge >= 0.3 is 6.09 Å². The van der Waals surface area contributed by atoms with Crippen LogP contribution in [0.1, 0.15) is 38.3 Å². The van der Waals surface area contributed by atoms with Crippen molar-refractivity contribution in [2.45, 2.75) is 46.3 Å². The smallest absolute Gasteiger partial charge is 0.410 e. The SMILES string of the molecule is Cc1ccc(O)c(CNCC2CCN(C(=O)OC(C)(C)C)C2)c1. The summed E-state index contributed by atoms with van der Waals surface area (Å²) in [6.45, 7) is 10.6. The molecule has 1 aliphatic rings. The van der Waals surface area contributed by atoms with E-state index in [-0.39, 0.29) is 6.09 Å². The lowest BCUT2D eigenvalue weighted by Gasteiger charge is -2.24. The molecule has 23 heavy (non-hydrogen) atoms. The minimum atomic E-state index is -0.448. The maximum Gasteiger partial charge on any atom is 0.410 e. The summed E-state index contributed by atoms with van der Waals surface area (Å²) in [6.07, 6.45) is 0.753. The predicted molar refractivity (Wildman–Crippen MR) is 90.5 cm³/mol. The normalized spacial score (nSPS) is 18.3. The molecule has 0 aromatic heterocycles. The average Bonchev–Trinajstić information content (AvgIpc) is 2.90. The van der Waals surface area contributed by atoms with Gasteiger partial charge in [0.15, 0.2) is 0 Å². The number of amides is 1. The summed E-state index contributed by atoms with van der Waals surface area (Å²) in [4.78, 5) is 13.8. The number of hydrogen-bond donors (Lipinski definition) is 2.